The molecule has 1 unspecified atom stereocenters. The van der Waals surface area contributed by atoms with E-state index in [-0.39, 0.29) is 0 Å². The van der Waals surface area contributed by atoms with Gasteiger partial charge in [0.25, 0.3) is 0 Å². The zero-order valence-electron chi connectivity index (χ0n) is 6.55. The molecule has 0 aromatic carbocycles. The maximum atomic E-state index is 5.52. The Hall–Kier alpha value is 0.270. The molecule has 0 aromatic heterocycles. The molecule has 3 heteroatoms. The summed E-state index contributed by atoms with van der Waals surface area (Å²) in [6.45, 7) is 2.46. The average molecular weight is 160 g/mol. The maximum absolute atomic E-state index is 5.52. The van der Waals surface area contributed by atoms with Crippen molar-refractivity contribution >= 4 is 11.9 Å². The second-order valence-corrected chi connectivity index (χ2v) is 3.93. The van der Waals surface area contributed by atoms with Crippen LogP contribution in [0.4, 0.5) is 0 Å². The summed E-state index contributed by atoms with van der Waals surface area (Å²) in [5.41, 5.74) is 0. The largest absolute Gasteiger partial charge is 0.306 e. The van der Waals surface area contributed by atoms with Crippen molar-refractivity contribution in [1.29, 1.82) is 0 Å². The van der Waals surface area contributed by atoms with Crippen molar-refractivity contribution in [2.45, 2.75) is 24.5 Å². The molecule has 0 amide bonds. The highest BCUT2D eigenvalue weighted by Gasteiger charge is 2.13. The van der Waals surface area contributed by atoms with E-state index in [0.717, 1.165) is 0 Å². The van der Waals surface area contributed by atoms with Crippen LogP contribution in [0.1, 0.15) is 19.3 Å². The van der Waals surface area contributed by atoms with Gasteiger partial charge in [-0.15, -0.1) is 0 Å². The van der Waals surface area contributed by atoms with Crippen LogP contribution in [0.25, 0.3) is 0 Å². The van der Waals surface area contributed by atoms with E-state index in [1.54, 1.807) is 0 Å². The molecule has 1 fully saturated rings. The second kappa shape index (κ2) is 4.21. The normalized spacial score (nSPS) is 30.0. The lowest BCUT2D eigenvalue weighted by Crippen LogP contribution is -2.19. The standard InChI is InChI=1S/C7H16N2S/c1-9-5-2-3-7(10-8)4-6-9/h7H,2-6,8H2,1H3. The van der Waals surface area contributed by atoms with Gasteiger partial charge in [0.05, 0.1) is 0 Å². The number of nitrogens with two attached hydrogens (primary N) is 1. The second-order valence-electron chi connectivity index (χ2n) is 2.99. The molecule has 0 aliphatic carbocycles. The Bertz CT molecular complexity index is 97.6. The smallest absolute Gasteiger partial charge is 0.0203 e. The Morgan fingerprint density at radius 3 is 2.90 bits per heavy atom. The van der Waals surface area contributed by atoms with E-state index < -0.39 is 0 Å². The molecule has 60 valence electrons. The van der Waals surface area contributed by atoms with Gasteiger partial charge in [0.15, 0.2) is 0 Å². The fourth-order valence-electron chi connectivity index (χ4n) is 1.35. The Morgan fingerprint density at radius 1 is 1.40 bits per heavy atom. The van der Waals surface area contributed by atoms with Crippen LogP contribution >= 0.6 is 11.9 Å². The summed E-state index contributed by atoms with van der Waals surface area (Å²) in [5.74, 6) is 0. The van der Waals surface area contributed by atoms with Crippen molar-refractivity contribution in [2.75, 3.05) is 20.1 Å². The first kappa shape index (κ1) is 8.37. The summed E-state index contributed by atoms with van der Waals surface area (Å²) in [6, 6.07) is 0. The molecule has 2 N–H and O–H groups in total. The fourth-order valence-corrected chi connectivity index (χ4v) is 1.89. The predicted molar refractivity (Wildman–Crippen MR) is 46.9 cm³/mol. The Balaban J connectivity index is 2.26. The summed E-state index contributed by atoms with van der Waals surface area (Å²) in [7, 11) is 2.18. The van der Waals surface area contributed by atoms with Crippen LogP contribution in [0.15, 0.2) is 0 Å². The molecule has 0 spiro atoms. The van der Waals surface area contributed by atoms with Crippen LogP contribution in [-0.4, -0.2) is 30.3 Å². The highest BCUT2D eigenvalue weighted by molar-refractivity contribution is 7.97. The van der Waals surface area contributed by atoms with E-state index in [2.05, 4.69) is 11.9 Å². The third kappa shape index (κ3) is 2.48. The van der Waals surface area contributed by atoms with E-state index >= 15 is 0 Å². The van der Waals surface area contributed by atoms with Crippen LogP contribution in [-0.2, 0) is 0 Å². The number of likely N-dealkylation sites (tertiary alicyclic amines) is 1. The maximum Gasteiger partial charge on any atom is 0.0203 e. The highest BCUT2D eigenvalue weighted by atomic mass is 32.2. The highest BCUT2D eigenvalue weighted by Crippen LogP contribution is 2.18. The van der Waals surface area contributed by atoms with Crippen LogP contribution in [0.2, 0.25) is 0 Å². The monoisotopic (exact) mass is 160 g/mol. The molecule has 0 bridgehead atoms. The van der Waals surface area contributed by atoms with Gasteiger partial charge in [-0.3, -0.25) is 5.14 Å². The third-order valence-corrected chi connectivity index (χ3v) is 2.95. The molecule has 0 radical (unpaired) electrons. The van der Waals surface area contributed by atoms with E-state index in [9.17, 15) is 0 Å². The molecule has 1 rings (SSSR count). The van der Waals surface area contributed by atoms with E-state index in [1.807, 2.05) is 0 Å². The van der Waals surface area contributed by atoms with Gasteiger partial charge in [0, 0.05) is 5.25 Å². The fraction of sp³-hybridized carbons (Fsp3) is 1.00. The van der Waals surface area contributed by atoms with Gasteiger partial charge in [-0.1, -0.05) is 11.9 Å². The summed E-state index contributed by atoms with van der Waals surface area (Å²) in [4.78, 5) is 2.39. The van der Waals surface area contributed by atoms with Crippen molar-refractivity contribution in [3.8, 4) is 0 Å². The summed E-state index contributed by atoms with van der Waals surface area (Å²) in [5, 5.41) is 6.23. The minimum Gasteiger partial charge on any atom is -0.306 e. The Labute approximate surface area is 67.3 Å². The van der Waals surface area contributed by atoms with Crippen LogP contribution in [0.5, 0.6) is 0 Å². The van der Waals surface area contributed by atoms with Crippen LogP contribution in [0, 0.1) is 0 Å². The summed E-state index contributed by atoms with van der Waals surface area (Å²) < 4.78 is 0. The molecule has 10 heavy (non-hydrogen) atoms. The first-order valence-corrected chi connectivity index (χ1v) is 4.81. The molecule has 1 aliphatic rings. The summed E-state index contributed by atoms with van der Waals surface area (Å²) in [6.07, 6.45) is 3.87. The first-order chi connectivity index (χ1) is 4.83. The molecule has 1 saturated heterocycles. The number of nitrogens with zero attached hydrogens (tertiary/aromatic N) is 1. The van der Waals surface area contributed by atoms with Crippen molar-refractivity contribution < 1.29 is 0 Å². The molecular formula is C7H16N2S. The van der Waals surface area contributed by atoms with E-state index in [0.29, 0.717) is 5.25 Å². The van der Waals surface area contributed by atoms with Crippen molar-refractivity contribution in [3.63, 3.8) is 0 Å². The lowest BCUT2D eigenvalue weighted by molar-refractivity contribution is 0.349. The SMILES string of the molecule is CN1CCCC(SN)CC1. The number of hydrogen-bond acceptors (Lipinski definition) is 3. The first-order valence-electron chi connectivity index (χ1n) is 3.87. The zero-order chi connectivity index (χ0) is 7.40. The third-order valence-electron chi connectivity index (χ3n) is 2.09. The molecule has 0 saturated carbocycles. The van der Waals surface area contributed by atoms with Gasteiger partial charge >= 0.3 is 0 Å². The van der Waals surface area contributed by atoms with Crippen molar-refractivity contribution in [3.05, 3.63) is 0 Å². The Morgan fingerprint density at radius 2 is 2.20 bits per heavy atom. The van der Waals surface area contributed by atoms with Crippen molar-refractivity contribution in [1.82, 2.24) is 4.90 Å². The predicted octanol–water partition coefficient (Wildman–Crippen LogP) is 1.08. The molecule has 2 nitrogen and oxygen atoms in total. The molecule has 0 aromatic rings. The minimum absolute atomic E-state index is 0.713. The van der Waals surface area contributed by atoms with Gasteiger partial charge in [0.2, 0.25) is 0 Å². The average Bonchev–Trinajstić information content (AvgIpc) is 2.14. The Kier molecular flexibility index (Phi) is 3.52. The lowest BCUT2D eigenvalue weighted by atomic mass is 10.2. The zero-order valence-corrected chi connectivity index (χ0v) is 7.36. The summed E-state index contributed by atoms with van der Waals surface area (Å²) >= 11 is 1.53. The van der Waals surface area contributed by atoms with E-state index in [4.69, 9.17) is 5.14 Å². The number of rotatable bonds is 1. The van der Waals surface area contributed by atoms with Gasteiger partial charge < -0.3 is 4.90 Å². The van der Waals surface area contributed by atoms with Crippen LogP contribution in [0.3, 0.4) is 0 Å². The molecule has 1 aliphatic heterocycles. The number of hydrogen-bond donors (Lipinski definition) is 1. The van der Waals surface area contributed by atoms with E-state index in [1.165, 1.54) is 44.3 Å². The van der Waals surface area contributed by atoms with Gasteiger partial charge in [-0.2, -0.15) is 0 Å². The molecular weight excluding hydrogens is 144 g/mol. The van der Waals surface area contributed by atoms with Gasteiger partial charge in [0.1, 0.15) is 0 Å². The lowest BCUT2D eigenvalue weighted by Gasteiger charge is -2.12. The topological polar surface area (TPSA) is 29.3 Å². The molecule has 1 heterocycles. The van der Waals surface area contributed by atoms with Crippen molar-refractivity contribution in [2.24, 2.45) is 5.14 Å². The molecule has 1 atom stereocenters. The van der Waals surface area contributed by atoms with Crippen LogP contribution < -0.4 is 5.14 Å². The minimum atomic E-state index is 0.713. The van der Waals surface area contributed by atoms with Gasteiger partial charge in [-0.25, -0.2) is 0 Å². The van der Waals surface area contributed by atoms with Gasteiger partial charge in [-0.05, 0) is 39.4 Å². The quantitative estimate of drug-likeness (QED) is 0.582.